The summed E-state index contributed by atoms with van der Waals surface area (Å²) in [5, 5.41) is 11.9. The van der Waals surface area contributed by atoms with Crippen LogP contribution in [0, 0.1) is 12.8 Å². The minimum Gasteiger partial charge on any atom is -0.391 e. The van der Waals surface area contributed by atoms with E-state index in [4.69, 9.17) is 14.7 Å². The predicted molar refractivity (Wildman–Crippen MR) is 117 cm³/mol. The summed E-state index contributed by atoms with van der Waals surface area (Å²) in [6.45, 7) is 6.36. The van der Waals surface area contributed by atoms with Crippen LogP contribution in [0.25, 0.3) is 10.9 Å². The van der Waals surface area contributed by atoms with Crippen LogP contribution in [0.15, 0.2) is 42.5 Å². The molecule has 0 radical (unpaired) electrons. The number of ether oxygens (including phenoxy) is 1. The molecule has 4 heterocycles. The van der Waals surface area contributed by atoms with Crippen LogP contribution in [0.1, 0.15) is 11.4 Å². The molecule has 0 bridgehead atoms. The fourth-order valence-electron chi connectivity index (χ4n) is 4.34. The molecule has 2 atom stereocenters. The zero-order valence-corrected chi connectivity index (χ0v) is 17.2. The molecule has 2 aromatic heterocycles. The van der Waals surface area contributed by atoms with Crippen molar-refractivity contribution in [3.05, 3.63) is 53.9 Å². The van der Waals surface area contributed by atoms with Gasteiger partial charge in [-0.25, -0.2) is 4.98 Å². The molecule has 2 aliphatic heterocycles. The van der Waals surface area contributed by atoms with E-state index < -0.39 is 6.10 Å². The Morgan fingerprint density at radius 2 is 1.83 bits per heavy atom. The number of pyridine rings is 1. The summed E-state index contributed by atoms with van der Waals surface area (Å²) in [6, 6.07) is 14.3. The van der Waals surface area contributed by atoms with Gasteiger partial charge in [-0.3, -0.25) is 4.98 Å². The topological polar surface area (TPSA) is 74.6 Å². The highest BCUT2D eigenvalue weighted by Gasteiger charge is 2.33. The van der Waals surface area contributed by atoms with Crippen LogP contribution >= 0.6 is 0 Å². The van der Waals surface area contributed by atoms with Crippen molar-refractivity contribution >= 4 is 22.7 Å². The SMILES string of the molecule is Cc1cc(N2CC(O)C(Cc3ccc4ccccc4n3)C2)nc(N2CCOCC2)n1. The maximum atomic E-state index is 10.7. The van der Waals surface area contributed by atoms with Crippen LogP contribution in [-0.2, 0) is 11.2 Å². The minimum atomic E-state index is -0.402. The summed E-state index contributed by atoms with van der Waals surface area (Å²) in [5.41, 5.74) is 2.96. The van der Waals surface area contributed by atoms with Gasteiger partial charge < -0.3 is 19.6 Å². The summed E-state index contributed by atoms with van der Waals surface area (Å²) >= 11 is 0. The van der Waals surface area contributed by atoms with Gasteiger partial charge in [-0.05, 0) is 25.5 Å². The third-order valence-corrected chi connectivity index (χ3v) is 5.98. The van der Waals surface area contributed by atoms with E-state index in [0.29, 0.717) is 19.8 Å². The molecule has 3 aromatic rings. The van der Waals surface area contributed by atoms with E-state index in [0.717, 1.165) is 60.1 Å². The average molecular weight is 406 g/mol. The van der Waals surface area contributed by atoms with Gasteiger partial charge in [-0.1, -0.05) is 24.3 Å². The van der Waals surface area contributed by atoms with E-state index in [2.05, 4.69) is 33.0 Å². The normalized spacial score (nSPS) is 22.1. The first-order valence-corrected chi connectivity index (χ1v) is 10.6. The van der Waals surface area contributed by atoms with Crippen LogP contribution < -0.4 is 9.80 Å². The molecule has 0 spiro atoms. The number of aliphatic hydroxyl groups is 1. The average Bonchev–Trinajstić information content (AvgIpc) is 3.14. The van der Waals surface area contributed by atoms with Gasteiger partial charge >= 0.3 is 0 Å². The molecule has 7 nitrogen and oxygen atoms in total. The Balaban J connectivity index is 1.33. The number of morpholine rings is 1. The Morgan fingerprint density at radius 1 is 1.00 bits per heavy atom. The molecule has 30 heavy (non-hydrogen) atoms. The summed E-state index contributed by atoms with van der Waals surface area (Å²) in [6.07, 6.45) is 0.350. The molecule has 2 saturated heterocycles. The monoisotopic (exact) mass is 405 g/mol. The number of β-amino-alcohol motifs (C(OH)–C–C–N with tert-alkyl or cyclic N) is 1. The summed E-state index contributed by atoms with van der Waals surface area (Å²) in [7, 11) is 0. The molecule has 7 heteroatoms. The van der Waals surface area contributed by atoms with Gasteiger partial charge in [0.1, 0.15) is 5.82 Å². The smallest absolute Gasteiger partial charge is 0.227 e. The van der Waals surface area contributed by atoms with Crippen molar-refractivity contribution in [2.45, 2.75) is 19.4 Å². The van der Waals surface area contributed by atoms with Gasteiger partial charge in [0.25, 0.3) is 0 Å². The number of fused-ring (bicyclic) bond motifs is 1. The number of aryl methyl sites for hydroxylation is 1. The lowest BCUT2D eigenvalue weighted by atomic mass is 9.99. The second-order valence-corrected chi connectivity index (χ2v) is 8.20. The van der Waals surface area contributed by atoms with Crippen molar-refractivity contribution in [1.29, 1.82) is 0 Å². The Morgan fingerprint density at radius 3 is 2.70 bits per heavy atom. The number of nitrogens with zero attached hydrogens (tertiary/aromatic N) is 5. The van der Waals surface area contributed by atoms with Gasteiger partial charge in [0.2, 0.25) is 5.95 Å². The molecule has 1 N–H and O–H groups in total. The van der Waals surface area contributed by atoms with Crippen molar-refractivity contribution in [3.63, 3.8) is 0 Å². The van der Waals surface area contributed by atoms with Gasteiger partial charge in [0, 0.05) is 54.9 Å². The molecular weight excluding hydrogens is 378 g/mol. The Bertz CT molecular complexity index is 1040. The quantitative estimate of drug-likeness (QED) is 0.713. The molecule has 0 saturated carbocycles. The Kier molecular flexibility index (Phi) is 5.23. The fourth-order valence-corrected chi connectivity index (χ4v) is 4.34. The van der Waals surface area contributed by atoms with Gasteiger partial charge in [0.05, 0.1) is 24.8 Å². The van der Waals surface area contributed by atoms with Gasteiger partial charge in [-0.15, -0.1) is 0 Å². The zero-order chi connectivity index (χ0) is 20.5. The number of hydrogen-bond acceptors (Lipinski definition) is 7. The van der Waals surface area contributed by atoms with Crippen molar-refractivity contribution in [2.24, 2.45) is 5.92 Å². The van der Waals surface area contributed by atoms with Crippen LogP contribution in [0.5, 0.6) is 0 Å². The van der Waals surface area contributed by atoms with Crippen molar-refractivity contribution in [2.75, 3.05) is 49.2 Å². The van der Waals surface area contributed by atoms with Crippen molar-refractivity contribution in [1.82, 2.24) is 15.0 Å². The number of anilines is 2. The molecule has 0 amide bonds. The second-order valence-electron chi connectivity index (χ2n) is 8.20. The number of aliphatic hydroxyl groups excluding tert-OH is 1. The highest BCUT2D eigenvalue weighted by molar-refractivity contribution is 5.78. The molecular formula is C23H27N5O2. The zero-order valence-electron chi connectivity index (χ0n) is 17.2. The predicted octanol–water partition coefficient (Wildman–Crippen LogP) is 2.21. The summed E-state index contributed by atoms with van der Waals surface area (Å²) < 4.78 is 5.45. The van der Waals surface area contributed by atoms with Gasteiger partial charge in [-0.2, -0.15) is 4.98 Å². The lowest BCUT2D eigenvalue weighted by Gasteiger charge is -2.28. The first-order valence-electron chi connectivity index (χ1n) is 10.6. The highest BCUT2D eigenvalue weighted by atomic mass is 16.5. The third kappa shape index (κ3) is 3.95. The summed E-state index contributed by atoms with van der Waals surface area (Å²) in [4.78, 5) is 18.6. The lowest BCUT2D eigenvalue weighted by Crippen LogP contribution is -2.37. The molecule has 5 rings (SSSR count). The van der Waals surface area contributed by atoms with Crippen LogP contribution in [0.3, 0.4) is 0 Å². The van der Waals surface area contributed by atoms with Crippen LogP contribution in [0.2, 0.25) is 0 Å². The standard InChI is InChI=1S/C23H27N5O2/c1-16-12-22(26-23(24-16)27-8-10-30-11-9-27)28-14-18(21(29)15-28)13-19-7-6-17-4-2-3-5-20(17)25-19/h2-7,12,18,21,29H,8-11,13-15H2,1H3. The fraction of sp³-hybridized carbons (Fsp3) is 0.435. The molecule has 0 aliphatic carbocycles. The molecule has 2 aliphatic rings. The van der Waals surface area contributed by atoms with Crippen LogP contribution in [-0.4, -0.2) is 65.6 Å². The van der Waals surface area contributed by atoms with E-state index in [9.17, 15) is 5.11 Å². The summed E-state index contributed by atoms with van der Waals surface area (Å²) in [5.74, 6) is 1.76. The van der Waals surface area contributed by atoms with Crippen molar-refractivity contribution < 1.29 is 9.84 Å². The number of rotatable bonds is 4. The largest absolute Gasteiger partial charge is 0.391 e. The number of hydrogen-bond donors (Lipinski definition) is 1. The first kappa shape index (κ1) is 19.2. The van der Waals surface area contributed by atoms with E-state index in [-0.39, 0.29) is 5.92 Å². The molecule has 156 valence electrons. The van der Waals surface area contributed by atoms with E-state index in [1.165, 1.54) is 0 Å². The van der Waals surface area contributed by atoms with E-state index >= 15 is 0 Å². The number of benzene rings is 1. The molecule has 2 unspecified atom stereocenters. The lowest BCUT2D eigenvalue weighted by molar-refractivity contribution is 0.122. The van der Waals surface area contributed by atoms with E-state index in [1.807, 2.05) is 31.2 Å². The second kappa shape index (κ2) is 8.16. The first-order chi connectivity index (χ1) is 14.7. The molecule has 1 aromatic carbocycles. The van der Waals surface area contributed by atoms with Crippen molar-refractivity contribution in [3.8, 4) is 0 Å². The highest BCUT2D eigenvalue weighted by Crippen LogP contribution is 2.27. The Hall–Kier alpha value is -2.77. The third-order valence-electron chi connectivity index (χ3n) is 5.98. The Labute approximate surface area is 176 Å². The maximum Gasteiger partial charge on any atom is 0.227 e. The number of para-hydroxylation sites is 1. The molecule has 2 fully saturated rings. The number of aromatic nitrogens is 3. The minimum absolute atomic E-state index is 0.126. The van der Waals surface area contributed by atoms with Crippen LogP contribution in [0.4, 0.5) is 11.8 Å². The van der Waals surface area contributed by atoms with Gasteiger partial charge in [0.15, 0.2) is 0 Å². The van der Waals surface area contributed by atoms with E-state index in [1.54, 1.807) is 0 Å². The maximum absolute atomic E-state index is 10.7.